The first-order chi connectivity index (χ1) is 8.18. The molecule has 0 bridgehead atoms. The van der Waals surface area contributed by atoms with Crippen molar-refractivity contribution >= 4 is 27.4 Å². The van der Waals surface area contributed by atoms with E-state index in [9.17, 15) is 0 Å². The van der Waals surface area contributed by atoms with Crippen LogP contribution in [0.3, 0.4) is 0 Å². The van der Waals surface area contributed by atoms with Crippen molar-refractivity contribution in [1.82, 2.24) is 9.97 Å². The summed E-state index contributed by atoms with van der Waals surface area (Å²) < 4.78 is 6.60. The van der Waals surface area contributed by atoms with E-state index in [1.165, 1.54) is 5.56 Å². The third kappa shape index (κ3) is 2.92. The molecule has 1 N–H and O–H groups in total. The molecule has 0 aliphatic rings. The number of rotatable bonds is 5. The van der Waals surface area contributed by atoms with E-state index in [-0.39, 0.29) is 6.10 Å². The van der Waals surface area contributed by atoms with E-state index in [4.69, 9.17) is 4.74 Å². The zero-order chi connectivity index (χ0) is 12.3. The van der Waals surface area contributed by atoms with E-state index in [1.54, 1.807) is 17.7 Å². The van der Waals surface area contributed by atoms with Gasteiger partial charge >= 0.3 is 0 Å². The van der Waals surface area contributed by atoms with Crippen LogP contribution >= 0.6 is 11.3 Å². The predicted molar refractivity (Wildman–Crippen MR) is 71.7 cm³/mol. The number of aryl methyl sites for hydroxylation is 1. The maximum Gasteiger partial charge on any atom is 0.147 e. The minimum atomic E-state index is 0.270. The number of aromatic nitrogens is 2. The summed E-state index contributed by atoms with van der Waals surface area (Å²) in [4.78, 5) is 8.56. The van der Waals surface area contributed by atoms with Gasteiger partial charge in [0.1, 0.15) is 12.1 Å². The van der Waals surface area contributed by atoms with Crippen LogP contribution in [0.4, 0.5) is 5.82 Å². The van der Waals surface area contributed by atoms with E-state index in [0.29, 0.717) is 6.61 Å². The van der Waals surface area contributed by atoms with Crippen LogP contribution in [-0.4, -0.2) is 29.2 Å². The van der Waals surface area contributed by atoms with E-state index in [0.717, 1.165) is 22.6 Å². The molecule has 0 aliphatic carbocycles. The van der Waals surface area contributed by atoms with Gasteiger partial charge in [0.25, 0.3) is 0 Å². The monoisotopic (exact) mass is 251 g/mol. The molecule has 2 aromatic rings. The van der Waals surface area contributed by atoms with Crippen LogP contribution in [0.15, 0.2) is 11.7 Å². The molecule has 0 fully saturated rings. The average molecular weight is 251 g/mol. The predicted octanol–water partition coefficient (Wildman–Crippen LogP) is 2.84. The average Bonchev–Trinajstić information content (AvgIpc) is 2.67. The smallest absolute Gasteiger partial charge is 0.147 e. The van der Waals surface area contributed by atoms with Crippen molar-refractivity contribution in [2.24, 2.45) is 0 Å². The van der Waals surface area contributed by atoms with Crippen molar-refractivity contribution in [2.75, 3.05) is 18.5 Å². The largest absolute Gasteiger partial charge is 0.377 e. The van der Waals surface area contributed by atoms with Crippen LogP contribution in [0.25, 0.3) is 10.2 Å². The quantitative estimate of drug-likeness (QED) is 0.830. The summed E-state index contributed by atoms with van der Waals surface area (Å²) in [6, 6.07) is 0. The standard InChI is InChI=1S/C12H17N3OS/c1-8(2)16-5-4-13-12-11-10(14-7-15-12)9(3)6-17-11/h6-8H,4-5H2,1-3H3,(H,13,14,15). The molecular formula is C12H17N3OS. The normalized spacial score (nSPS) is 11.3. The van der Waals surface area contributed by atoms with E-state index >= 15 is 0 Å². The minimum absolute atomic E-state index is 0.270. The molecule has 0 radical (unpaired) electrons. The Balaban J connectivity index is 2.03. The number of anilines is 1. The maximum atomic E-state index is 5.48. The van der Waals surface area contributed by atoms with Gasteiger partial charge in [-0.3, -0.25) is 0 Å². The molecule has 2 heterocycles. The Labute approximate surface area is 105 Å². The summed E-state index contributed by atoms with van der Waals surface area (Å²) in [5.74, 6) is 0.903. The Hall–Kier alpha value is -1.20. The summed E-state index contributed by atoms with van der Waals surface area (Å²) in [5.41, 5.74) is 2.24. The number of hydrogen-bond donors (Lipinski definition) is 1. The van der Waals surface area contributed by atoms with Gasteiger partial charge in [-0.2, -0.15) is 0 Å². The van der Waals surface area contributed by atoms with Crippen LogP contribution in [0.5, 0.6) is 0 Å². The molecule has 0 aliphatic heterocycles. The summed E-state index contributed by atoms with van der Waals surface area (Å²) in [7, 11) is 0. The second-order valence-electron chi connectivity index (χ2n) is 4.17. The number of thiophene rings is 1. The Bertz CT molecular complexity index is 495. The van der Waals surface area contributed by atoms with Gasteiger partial charge < -0.3 is 10.1 Å². The molecule has 5 heteroatoms. The second kappa shape index (κ2) is 5.42. The van der Waals surface area contributed by atoms with Gasteiger partial charge in [0, 0.05) is 6.54 Å². The highest BCUT2D eigenvalue weighted by Gasteiger charge is 2.07. The van der Waals surface area contributed by atoms with Gasteiger partial charge in [-0.15, -0.1) is 11.3 Å². The lowest BCUT2D eigenvalue weighted by Gasteiger charge is -2.09. The number of fused-ring (bicyclic) bond motifs is 1. The van der Waals surface area contributed by atoms with Crippen molar-refractivity contribution < 1.29 is 4.74 Å². The minimum Gasteiger partial charge on any atom is -0.377 e. The summed E-state index contributed by atoms with van der Waals surface area (Å²) in [5, 5.41) is 5.40. The van der Waals surface area contributed by atoms with Crippen molar-refractivity contribution in [3.05, 3.63) is 17.3 Å². The summed E-state index contributed by atoms with van der Waals surface area (Å²) in [6.45, 7) is 7.59. The highest BCUT2D eigenvalue weighted by Crippen LogP contribution is 2.28. The number of hydrogen-bond acceptors (Lipinski definition) is 5. The summed E-state index contributed by atoms with van der Waals surface area (Å²) >= 11 is 1.68. The molecule has 0 spiro atoms. The molecule has 0 unspecified atom stereocenters. The van der Waals surface area contributed by atoms with Gasteiger partial charge in [-0.25, -0.2) is 9.97 Å². The third-order valence-corrected chi connectivity index (χ3v) is 3.47. The molecule has 0 aromatic carbocycles. The molecular weight excluding hydrogens is 234 g/mol. The molecule has 2 aromatic heterocycles. The molecule has 0 saturated heterocycles. The van der Waals surface area contributed by atoms with Crippen LogP contribution in [0, 0.1) is 6.92 Å². The number of nitrogens with zero attached hydrogens (tertiary/aromatic N) is 2. The Morgan fingerprint density at radius 2 is 2.24 bits per heavy atom. The Kier molecular flexibility index (Phi) is 3.91. The fourth-order valence-corrected chi connectivity index (χ4v) is 2.53. The highest BCUT2D eigenvalue weighted by atomic mass is 32.1. The van der Waals surface area contributed by atoms with Gasteiger partial charge in [0.05, 0.1) is 22.9 Å². The maximum absolute atomic E-state index is 5.48. The van der Waals surface area contributed by atoms with Crippen LogP contribution in [0.2, 0.25) is 0 Å². The van der Waals surface area contributed by atoms with E-state index in [2.05, 4.69) is 27.6 Å². The zero-order valence-electron chi connectivity index (χ0n) is 10.4. The third-order valence-electron chi connectivity index (χ3n) is 2.38. The van der Waals surface area contributed by atoms with Crippen LogP contribution < -0.4 is 5.32 Å². The van der Waals surface area contributed by atoms with Crippen LogP contribution in [-0.2, 0) is 4.74 Å². The Morgan fingerprint density at radius 1 is 1.41 bits per heavy atom. The molecule has 0 amide bonds. The fourth-order valence-electron chi connectivity index (χ4n) is 1.56. The van der Waals surface area contributed by atoms with Crippen molar-refractivity contribution in [2.45, 2.75) is 26.9 Å². The topological polar surface area (TPSA) is 47.0 Å². The highest BCUT2D eigenvalue weighted by molar-refractivity contribution is 7.18. The number of ether oxygens (including phenoxy) is 1. The van der Waals surface area contributed by atoms with E-state index in [1.807, 2.05) is 13.8 Å². The lowest BCUT2D eigenvalue weighted by atomic mass is 10.3. The molecule has 4 nitrogen and oxygen atoms in total. The second-order valence-corrected chi connectivity index (χ2v) is 5.04. The van der Waals surface area contributed by atoms with Gasteiger partial charge in [0.15, 0.2) is 0 Å². The van der Waals surface area contributed by atoms with Crippen molar-refractivity contribution in [1.29, 1.82) is 0 Å². The summed E-state index contributed by atoms with van der Waals surface area (Å²) in [6.07, 6.45) is 1.87. The van der Waals surface area contributed by atoms with Gasteiger partial charge in [-0.1, -0.05) is 0 Å². The lowest BCUT2D eigenvalue weighted by molar-refractivity contribution is 0.0870. The first-order valence-electron chi connectivity index (χ1n) is 5.72. The van der Waals surface area contributed by atoms with Crippen LogP contribution in [0.1, 0.15) is 19.4 Å². The zero-order valence-corrected chi connectivity index (χ0v) is 11.2. The SMILES string of the molecule is Cc1csc2c(NCCOC(C)C)ncnc12. The van der Waals surface area contributed by atoms with E-state index < -0.39 is 0 Å². The van der Waals surface area contributed by atoms with Gasteiger partial charge in [-0.05, 0) is 31.7 Å². The molecule has 0 atom stereocenters. The molecule has 0 saturated carbocycles. The Morgan fingerprint density at radius 3 is 3.00 bits per heavy atom. The fraction of sp³-hybridized carbons (Fsp3) is 0.500. The molecule has 92 valence electrons. The first kappa shape index (κ1) is 12.3. The lowest BCUT2D eigenvalue weighted by Crippen LogP contribution is -2.13. The van der Waals surface area contributed by atoms with Crippen molar-refractivity contribution in [3.8, 4) is 0 Å². The molecule has 17 heavy (non-hydrogen) atoms. The molecule has 2 rings (SSSR count). The van der Waals surface area contributed by atoms with Gasteiger partial charge in [0.2, 0.25) is 0 Å². The van der Waals surface area contributed by atoms with Crippen molar-refractivity contribution in [3.63, 3.8) is 0 Å². The first-order valence-corrected chi connectivity index (χ1v) is 6.60. The number of nitrogens with one attached hydrogen (secondary N) is 1.